The quantitative estimate of drug-likeness (QED) is 0.710. The summed E-state index contributed by atoms with van der Waals surface area (Å²) in [7, 11) is 0. The van der Waals surface area contributed by atoms with E-state index >= 15 is 0 Å². The van der Waals surface area contributed by atoms with Gasteiger partial charge in [-0.1, -0.05) is 26.8 Å². The lowest BCUT2D eigenvalue weighted by molar-refractivity contribution is 0.101. The molecule has 1 rings (SSSR count). The van der Waals surface area contributed by atoms with Crippen LogP contribution >= 0.6 is 0 Å². The molecule has 0 aliphatic heterocycles. The van der Waals surface area contributed by atoms with E-state index in [-0.39, 0.29) is 5.78 Å². The Balaban J connectivity index is 2.94. The first kappa shape index (κ1) is 12.8. The number of hydrogen-bond donors (Lipinski definition) is 0. The van der Waals surface area contributed by atoms with Gasteiger partial charge in [0.2, 0.25) is 0 Å². The van der Waals surface area contributed by atoms with E-state index in [2.05, 4.69) is 20.8 Å². The number of hydrogen-bond acceptors (Lipinski definition) is 2. The fraction of sp³-hybridized carbons (Fsp3) is 0.500. The maximum Gasteiger partial charge on any atom is 0.163 e. The lowest BCUT2D eigenvalue weighted by Crippen LogP contribution is -2.08. The molecular formula is C14H20O2. The third-order valence-electron chi connectivity index (χ3n) is 2.40. The number of ether oxygens (including phenoxy) is 1. The average Bonchev–Trinajstić information content (AvgIpc) is 2.25. The first-order valence-electron chi connectivity index (χ1n) is 5.81. The molecule has 0 aromatic heterocycles. The van der Waals surface area contributed by atoms with Crippen molar-refractivity contribution in [2.75, 3.05) is 6.61 Å². The van der Waals surface area contributed by atoms with Crippen molar-refractivity contribution in [3.63, 3.8) is 0 Å². The Morgan fingerprint density at radius 3 is 2.56 bits per heavy atom. The second kappa shape index (κ2) is 5.69. The van der Waals surface area contributed by atoms with Gasteiger partial charge in [0.25, 0.3) is 0 Å². The van der Waals surface area contributed by atoms with Crippen molar-refractivity contribution in [1.82, 2.24) is 0 Å². The van der Waals surface area contributed by atoms with Crippen LogP contribution in [0.15, 0.2) is 18.2 Å². The van der Waals surface area contributed by atoms with Crippen LogP contribution < -0.4 is 4.74 Å². The summed E-state index contributed by atoms with van der Waals surface area (Å²) < 4.78 is 5.64. The van der Waals surface area contributed by atoms with Crippen molar-refractivity contribution in [2.24, 2.45) is 5.92 Å². The van der Waals surface area contributed by atoms with E-state index in [4.69, 9.17) is 4.74 Å². The average molecular weight is 220 g/mol. The van der Waals surface area contributed by atoms with Crippen molar-refractivity contribution in [1.29, 1.82) is 0 Å². The van der Waals surface area contributed by atoms with Crippen molar-refractivity contribution in [3.8, 4) is 5.75 Å². The molecule has 0 N–H and O–H groups in total. The van der Waals surface area contributed by atoms with E-state index in [1.54, 1.807) is 6.92 Å². The molecule has 16 heavy (non-hydrogen) atoms. The molecule has 1 aromatic rings. The smallest absolute Gasteiger partial charge is 0.163 e. The number of aryl methyl sites for hydroxylation is 1. The molecule has 0 saturated heterocycles. The number of carbonyl (C=O) groups is 1. The zero-order valence-electron chi connectivity index (χ0n) is 10.5. The Morgan fingerprint density at radius 2 is 2.06 bits per heavy atom. The van der Waals surface area contributed by atoms with E-state index in [0.717, 1.165) is 6.42 Å². The third-order valence-corrected chi connectivity index (χ3v) is 2.40. The fourth-order valence-corrected chi connectivity index (χ4v) is 1.45. The van der Waals surface area contributed by atoms with Gasteiger partial charge in [-0.3, -0.25) is 4.79 Å². The van der Waals surface area contributed by atoms with Crippen molar-refractivity contribution in [2.45, 2.75) is 34.1 Å². The van der Waals surface area contributed by atoms with E-state index in [1.165, 1.54) is 5.56 Å². The normalized spacial score (nSPS) is 10.6. The second-order valence-corrected chi connectivity index (χ2v) is 4.45. The topological polar surface area (TPSA) is 26.3 Å². The van der Waals surface area contributed by atoms with Crippen molar-refractivity contribution >= 4 is 5.78 Å². The minimum atomic E-state index is 0.0639. The van der Waals surface area contributed by atoms with Crippen LogP contribution in [0.25, 0.3) is 0 Å². The van der Waals surface area contributed by atoms with Crippen LogP contribution in [0.5, 0.6) is 5.75 Å². The predicted molar refractivity (Wildman–Crippen MR) is 66.2 cm³/mol. The SMILES string of the molecule is CCc1ccc(OCC(C)C)c(C(C)=O)c1. The molecule has 0 saturated carbocycles. The summed E-state index contributed by atoms with van der Waals surface area (Å²) in [5.41, 5.74) is 1.86. The minimum absolute atomic E-state index is 0.0639. The molecule has 0 spiro atoms. The molecular weight excluding hydrogens is 200 g/mol. The molecule has 1 aromatic carbocycles. The van der Waals surface area contributed by atoms with Crippen molar-refractivity contribution in [3.05, 3.63) is 29.3 Å². The molecule has 0 amide bonds. The van der Waals surface area contributed by atoms with Gasteiger partial charge in [-0.2, -0.15) is 0 Å². The molecule has 0 aliphatic rings. The maximum absolute atomic E-state index is 11.5. The van der Waals surface area contributed by atoms with Crippen LogP contribution in [0.2, 0.25) is 0 Å². The van der Waals surface area contributed by atoms with Crippen LogP contribution in [0.4, 0.5) is 0 Å². The molecule has 0 radical (unpaired) electrons. The van der Waals surface area contributed by atoms with Crippen LogP contribution in [0.3, 0.4) is 0 Å². The first-order valence-corrected chi connectivity index (χ1v) is 5.81. The molecule has 2 nitrogen and oxygen atoms in total. The van der Waals surface area contributed by atoms with Gasteiger partial charge < -0.3 is 4.74 Å². The number of benzene rings is 1. The summed E-state index contributed by atoms with van der Waals surface area (Å²) in [6.07, 6.45) is 0.935. The Hall–Kier alpha value is -1.31. The monoisotopic (exact) mass is 220 g/mol. The molecule has 88 valence electrons. The third kappa shape index (κ3) is 3.37. The Morgan fingerprint density at radius 1 is 1.38 bits per heavy atom. The van der Waals surface area contributed by atoms with Crippen LogP contribution in [0, 0.1) is 5.92 Å². The molecule has 2 heteroatoms. The molecule has 0 atom stereocenters. The summed E-state index contributed by atoms with van der Waals surface area (Å²) in [4.78, 5) is 11.5. The summed E-state index contributed by atoms with van der Waals surface area (Å²) >= 11 is 0. The van der Waals surface area contributed by atoms with Gasteiger partial charge in [0, 0.05) is 0 Å². The molecule has 0 heterocycles. The van der Waals surface area contributed by atoms with Gasteiger partial charge >= 0.3 is 0 Å². The van der Waals surface area contributed by atoms with Crippen LogP contribution in [0.1, 0.15) is 43.6 Å². The lowest BCUT2D eigenvalue weighted by atomic mass is 10.1. The largest absolute Gasteiger partial charge is 0.493 e. The van der Waals surface area contributed by atoms with E-state index in [1.807, 2.05) is 18.2 Å². The summed E-state index contributed by atoms with van der Waals surface area (Å²) in [5, 5.41) is 0. The molecule has 0 fully saturated rings. The Labute approximate surface area is 97.6 Å². The minimum Gasteiger partial charge on any atom is -0.493 e. The Kier molecular flexibility index (Phi) is 4.53. The molecule has 0 aliphatic carbocycles. The highest BCUT2D eigenvalue weighted by Crippen LogP contribution is 2.21. The van der Waals surface area contributed by atoms with Gasteiger partial charge in [0.15, 0.2) is 5.78 Å². The van der Waals surface area contributed by atoms with Crippen LogP contribution in [-0.4, -0.2) is 12.4 Å². The molecule has 0 bridgehead atoms. The Bertz CT molecular complexity index is 367. The lowest BCUT2D eigenvalue weighted by Gasteiger charge is -2.12. The van der Waals surface area contributed by atoms with Gasteiger partial charge in [-0.05, 0) is 37.0 Å². The predicted octanol–water partition coefficient (Wildman–Crippen LogP) is 3.49. The van der Waals surface area contributed by atoms with Crippen LogP contribution in [-0.2, 0) is 6.42 Å². The highest BCUT2D eigenvalue weighted by molar-refractivity contribution is 5.97. The van der Waals surface area contributed by atoms with E-state index in [9.17, 15) is 4.79 Å². The second-order valence-electron chi connectivity index (χ2n) is 4.45. The van der Waals surface area contributed by atoms with Gasteiger partial charge in [0.05, 0.1) is 12.2 Å². The zero-order chi connectivity index (χ0) is 12.1. The van der Waals surface area contributed by atoms with Gasteiger partial charge in [-0.15, -0.1) is 0 Å². The van der Waals surface area contributed by atoms with E-state index in [0.29, 0.717) is 23.8 Å². The summed E-state index contributed by atoms with van der Waals surface area (Å²) in [6.45, 7) is 8.48. The number of ketones is 1. The number of rotatable bonds is 5. The van der Waals surface area contributed by atoms with Gasteiger partial charge in [0.1, 0.15) is 5.75 Å². The zero-order valence-corrected chi connectivity index (χ0v) is 10.5. The number of carbonyl (C=O) groups excluding carboxylic acids is 1. The van der Waals surface area contributed by atoms with Crippen molar-refractivity contribution < 1.29 is 9.53 Å². The fourth-order valence-electron chi connectivity index (χ4n) is 1.45. The summed E-state index contributed by atoms with van der Waals surface area (Å²) in [5.74, 6) is 1.23. The molecule has 0 unspecified atom stereocenters. The standard InChI is InChI=1S/C14H20O2/c1-5-12-6-7-14(16-9-10(2)3)13(8-12)11(4)15/h6-8,10H,5,9H2,1-4H3. The first-order chi connectivity index (χ1) is 7.54. The maximum atomic E-state index is 11.5. The van der Waals surface area contributed by atoms with E-state index < -0.39 is 0 Å². The van der Waals surface area contributed by atoms with Gasteiger partial charge in [-0.25, -0.2) is 0 Å². The highest BCUT2D eigenvalue weighted by atomic mass is 16.5. The summed E-state index contributed by atoms with van der Waals surface area (Å²) in [6, 6.07) is 5.85. The number of Topliss-reactive ketones (excluding diaryl/α,β-unsaturated/α-hetero) is 1. The highest BCUT2D eigenvalue weighted by Gasteiger charge is 2.09.